The van der Waals surface area contributed by atoms with E-state index in [-0.39, 0.29) is 51.6 Å². The van der Waals surface area contributed by atoms with Crippen molar-refractivity contribution in [2.75, 3.05) is 98.4 Å². The van der Waals surface area contributed by atoms with Crippen LogP contribution in [-0.4, -0.2) is 159 Å². The number of hydrogen-bond acceptors (Lipinski definition) is 22. The molecule has 0 aromatic heterocycles. The van der Waals surface area contributed by atoms with Gasteiger partial charge in [-0.1, -0.05) is 24.3 Å². The van der Waals surface area contributed by atoms with Crippen molar-refractivity contribution < 1.29 is 95.1 Å². The second kappa shape index (κ2) is 28.2. The highest BCUT2D eigenvalue weighted by atomic mass is 16.6. The standard InChI is InChI=1S/C58H72N2O20/c1-67-43-15-13-33(21-45(43)69-3)31-57(41-25-39(29-49(73-7)53(63)77-11)37(23-35(41)17-19-59-57)27-47(71-5)51(61)75-9)79-55(65)56(66)80-58(32-34-14-16-44(68-2)46(22-34)70-4)42-26-40(30-50(74-8)54(64)78-12)38(24-36(42)18-20-60-58)28-48(72-6)52(62)76-10/h13-16,21-26,47-50,59-60H,17-20,27-32H2,1-12H3/t47?,48?,49?,50?,57-,58-/m1/s1. The van der Waals surface area contributed by atoms with Crippen molar-refractivity contribution in [1.82, 2.24) is 10.6 Å². The van der Waals surface area contributed by atoms with Crippen LogP contribution in [0, 0.1) is 0 Å². The molecule has 434 valence electrons. The molecule has 0 saturated heterocycles. The Bertz CT molecular complexity index is 2680. The molecule has 2 aliphatic rings. The summed E-state index contributed by atoms with van der Waals surface area (Å²) >= 11 is 0. The van der Waals surface area contributed by atoms with Crippen LogP contribution >= 0.6 is 0 Å². The minimum atomic E-state index is -1.83. The summed E-state index contributed by atoms with van der Waals surface area (Å²) in [5.41, 5.74) is 1.93. The molecule has 0 saturated carbocycles. The van der Waals surface area contributed by atoms with Gasteiger partial charge in [0.25, 0.3) is 0 Å². The Morgan fingerprint density at radius 1 is 0.412 bits per heavy atom. The number of esters is 6. The second-order valence-corrected chi connectivity index (χ2v) is 18.9. The molecule has 0 spiro atoms. The van der Waals surface area contributed by atoms with Gasteiger partial charge in [0.2, 0.25) is 0 Å². The van der Waals surface area contributed by atoms with Crippen molar-refractivity contribution in [3.8, 4) is 23.0 Å². The minimum Gasteiger partial charge on any atom is -0.493 e. The fraction of sp³-hybridized carbons (Fsp3) is 0.483. The number of carbonyl (C=O) groups is 6. The average molecular weight is 1120 g/mol. The third-order valence-corrected chi connectivity index (χ3v) is 14.4. The van der Waals surface area contributed by atoms with E-state index in [0.29, 0.717) is 91.5 Å². The Kier molecular flexibility index (Phi) is 21.8. The maximum absolute atomic E-state index is 15.1. The van der Waals surface area contributed by atoms with E-state index in [4.69, 9.17) is 66.3 Å². The predicted octanol–water partition coefficient (Wildman–Crippen LogP) is 3.51. The number of benzene rings is 4. The molecule has 4 unspecified atom stereocenters. The number of methoxy groups -OCH3 is 12. The van der Waals surface area contributed by atoms with E-state index in [2.05, 4.69) is 10.6 Å². The monoisotopic (exact) mass is 1120 g/mol. The molecule has 6 rings (SSSR count). The zero-order valence-corrected chi connectivity index (χ0v) is 47.3. The number of nitrogens with one attached hydrogen (secondary N) is 2. The first kappa shape index (κ1) is 61.9. The number of ether oxygens (including phenoxy) is 14. The second-order valence-electron chi connectivity index (χ2n) is 18.9. The molecule has 0 amide bonds. The maximum Gasteiger partial charge on any atom is 0.419 e. The quantitative estimate of drug-likeness (QED) is 0.0518. The molecular weight excluding hydrogens is 1040 g/mol. The van der Waals surface area contributed by atoms with E-state index < -0.39 is 71.7 Å². The molecule has 0 bridgehead atoms. The maximum atomic E-state index is 15.1. The highest BCUT2D eigenvalue weighted by Gasteiger charge is 2.47. The Morgan fingerprint density at radius 3 is 0.988 bits per heavy atom. The molecule has 0 fully saturated rings. The number of rotatable bonds is 26. The van der Waals surface area contributed by atoms with Gasteiger partial charge in [0.05, 0.1) is 56.9 Å². The summed E-state index contributed by atoms with van der Waals surface area (Å²) in [6.07, 6.45) is -3.75. The first-order valence-electron chi connectivity index (χ1n) is 25.6. The van der Waals surface area contributed by atoms with Crippen LogP contribution in [0.5, 0.6) is 23.0 Å². The van der Waals surface area contributed by atoms with Gasteiger partial charge in [0.1, 0.15) is 0 Å². The summed E-state index contributed by atoms with van der Waals surface area (Å²) in [5.74, 6) is -3.75. The average Bonchev–Trinajstić information content (AvgIpc) is 3.49. The topological polar surface area (TPSA) is 256 Å². The van der Waals surface area contributed by atoms with Gasteiger partial charge in [0.15, 0.2) is 58.9 Å². The van der Waals surface area contributed by atoms with Crippen LogP contribution in [0.25, 0.3) is 0 Å². The van der Waals surface area contributed by atoms with Crippen LogP contribution in [0.2, 0.25) is 0 Å². The van der Waals surface area contributed by atoms with Gasteiger partial charge >= 0.3 is 35.8 Å². The first-order chi connectivity index (χ1) is 38.5. The molecule has 6 atom stereocenters. The van der Waals surface area contributed by atoms with Crippen LogP contribution in [0.15, 0.2) is 60.7 Å². The molecule has 2 aliphatic heterocycles. The fourth-order valence-corrected chi connectivity index (χ4v) is 10.3. The van der Waals surface area contributed by atoms with E-state index in [9.17, 15) is 19.2 Å². The van der Waals surface area contributed by atoms with E-state index in [1.807, 2.05) is 12.1 Å². The molecule has 22 heteroatoms. The lowest BCUT2D eigenvalue weighted by atomic mass is 9.82. The molecule has 4 aromatic carbocycles. The molecule has 4 aromatic rings. The van der Waals surface area contributed by atoms with Gasteiger partial charge in [-0.2, -0.15) is 0 Å². The Balaban J connectivity index is 1.54. The van der Waals surface area contributed by atoms with Crippen molar-refractivity contribution in [2.24, 2.45) is 0 Å². The van der Waals surface area contributed by atoms with Gasteiger partial charge in [-0.15, -0.1) is 0 Å². The summed E-state index contributed by atoms with van der Waals surface area (Å²) in [4.78, 5) is 82.3. The molecule has 2 N–H and O–H groups in total. The fourth-order valence-electron chi connectivity index (χ4n) is 10.3. The van der Waals surface area contributed by atoms with E-state index >= 15 is 9.59 Å². The lowest BCUT2D eigenvalue weighted by Gasteiger charge is -2.42. The Morgan fingerprint density at radius 2 is 0.713 bits per heavy atom. The largest absolute Gasteiger partial charge is 0.493 e. The highest BCUT2D eigenvalue weighted by molar-refractivity contribution is 6.30. The molecule has 22 nitrogen and oxygen atoms in total. The van der Waals surface area contributed by atoms with Gasteiger partial charge in [-0.3, -0.25) is 10.6 Å². The normalized spacial score (nSPS) is 17.9. The van der Waals surface area contributed by atoms with Crippen molar-refractivity contribution in [3.63, 3.8) is 0 Å². The molecule has 0 aliphatic carbocycles. The summed E-state index contributed by atoms with van der Waals surface area (Å²) in [6, 6.07) is 17.6. The zero-order valence-electron chi connectivity index (χ0n) is 47.3. The minimum absolute atomic E-state index is 0.0263. The smallest absolute Gasteiger partial charge is 0.419 e. The van der Waals surface area contributed by atoms with Crippen LogP contribution < -0.4 is 29.6 Å². The van der Waals surface area contributed by atoms with E-state index in [0.717, 1.165) is 0 Å². The van der Waals surface area contributed by atoms with Crippen molar-refractivity contribution >= 4 is 35.8 Å². The molecule has 80 heavy (non-hydrogen) atoms. The van der Waals surface area contributed by atoms with E-state index in [1.54, 1.807) is 48.5 Å². The summed E-state index contributed by atoms with van der Waals surface area (Å²) in [7, 11) is 16.4. The lowest BCUT2D eigenvalue weighted by molar-refractivity contribution is -0.193. The molecule has 2 heterocycles. The Hall–Kier alpha value is -7.34. The SMILES string of the molecule is COC(=O)C(Cc1cc2c(cc1CC(OC)C(=O)OC)[C@@](Cc1ccc(OC)c(OC)c1)(OC(=O)C(=O)O[C@@]1(Cc3ccc(OC)c(OC)c3)NCCc3cc(CC(OC)C(=O)OC)c(CC(OC)C(=O)OC)cc31)NCC2)OC. The number of hydrogen-bond donors (Lipinski definition) is 2. The lowest BCUT2D eigenvalue weighted by Crippen LogP contribution is -2.55. The van der Waals surface area contributed by atoms with E-state index in [1.165, 1.54) is 85.3 Å². The van der Waals surface area contributed by atoms with Crippen molar-refractivity contribution in [3.05, 3.63) is 116 Å². The van der Waals surface area contributed by atoms with Crippen molar-refractivity contribution in [2.45, 2.75) is 87.2 Å². The van der Waals surface area contributed by atoms with Gasteiger partial charge in [-0.05, 0) is 93.7 Å². The number of carbonyl (C=O) groups excluding carboxylic acids is 6. The first-order valence-corrected chi connectivity index (χ1v) is 25.6. The summed E-state index contributed by atoms with van der Waals surface area (Å²) in [6.45, 7) is 0.457. The van der Waals surface area contributed by atoms with Crippen LogP contribution in [0.4, 0.5) is 0 Å². The third kappa shape index (κ3) is 14.0. The van der Waals surface area contributed by atoms with Crippen LogP contribution in [0.1, 0.15) is 55.6 Å². The summed E-state index contributed by atoms with van der Waals surface area (Å²) in [5, 5.41) is 6.83. The summed E-state index contributed by atoms with van der Waals surface area (Å²) < 4.78 is 78.2. The third-order valence-electron chi connectivity index (χ3n) is 14.4. The Labute approximate surface area is 465 Å². The van der Waals surface area contributed by atoms with Crippen molar-refractivity contribution in [1.29, 1.82) is 0 Å². The predicted molar refractivity (Wildman–Crippen MR) is 284 cm³/mol. The van der Waals surface area contributed by atoms with Crippen LogP contribution in [0.3, 0.4) is 0 Å². The van der Waals surface area contributed by atoms with Gasteiger partial charge in [-0.25, -0.2) is 28.8 Å². The molecular formula is C58H72N2O20. The van der Waals surface area contributed by atoms with Gasteiger partial charge in [0, 0.05) is 91.2 Å². The number of fused-ring (bicyclic) bond motifs is 2. The van der Waals surface area contributed by atoms with Gasteiger partial charge < -0.3 is 66.3 Å². The highest BCUT2D eigenvalue weighted by Crippen LogP contribution is 2.41. The van der Waals surface area contributed by atoms with Crippen LogP contribution in [-0.2, 0) is 139 Å². The zero-order chi connectivity index (χ0) is 58.3. The molecule has 0 radical (unpaired) electrons.